The second-order valence-electron chi connectivity index (χ2n) is 5.78. The van der Waals surface area contributed by atoms with E-state index in [-0.39, 0.29) is 5.97 Å². The van der Waals surface area contributed by atoms with E-state index >= 15 is 0 Å². The minimum absolute atomic E-state index is 0.203. The standard InChI is InChI=1S/C19H20ClN3O3/c1-3-25-17(24)6-4-5-16-18(14-7-9-15(20)10-8-14)22-19(26-16)23-12-11-21-13(23)2/h7-12H,3-6H2,1-2H3. The van der Waals surface area contributed by atoms with Gasteiger partial charge in [-0.05, 0) is 32.4 Å². The maximum absolute atomic E-state index is 11.6. The molecule has 0 atom stereocenters. The first-order chi connectivity index (χ1) is 12.6. The van der Waals surface area contributed by atoms with Crippen LogP contribution in [0.5, 0.6) is 0 Å². The number of benzene rings is 1. The number of oxazole rings is 1. The minimum Gasteiger partial charge on any atom is -0.466 e. The third-order valence-corrected chi connectivity index (χ3v) is 4.18. The summed E-state index contributed by atoms with van der Waals surface area (Å²) >= 11 is 5.99. The molecule has 0 spiro atoms. The Hall–Kier alpha value is -2.60. The highest BCUT2D eigenvalue weighted by atomic mass is 35.5. The molecule has 1 aromatic carbocycles. The molecule has 2 heterocycles. The van der Waals surface area contributed by atoms with Gasteiger partial charge in [-0.15, -0.1) is 0 Å². The van der Waals surface area contributed by atoms with Gasteiger partial charge < -0.3 is 9.15 Å². The van der Waals surface area contributed by atoms with Crippen molar-refractivity contribution in [3.63, 3.8) is 0 Å². The molecular formula is C19H20ClN3O3. The lowest BCUT2D eigenvalue weighted by Crippen LogP contribution is -2.04. The van der Waals surface area contributed by atoms with Crippen molar-refractivity contribution in [2.24, 2.45) is 0 Å². The Morgan fingerprint density at radius 2 is 2.08 bits per heavy atom. The number of hydrogen-bond donors (Lipinski definition) is 0. The molecule has 0 fully saturated rings. The molecule has 0 saturated heterocycles. The molecule has 3 rings (SSSR count). The van der Waals surface area contributed by atoms with Crippen LogP contribution in [0.3, 0.4) is 0 Å². The molecule has 0 unspecified atom stereocenters. The molecule has 6 nitrogen and oxygen atoms in total. The normalized spacial score (nSPS) is 10.9. The number of nitrogens with zero attached hydrogens (tertiary/aromatic N) is 3. The van der Waals surface area contributed by atoms with Crippen molar-refractivity contribution < 1.29 is 13.9 Å². The van der Waals surface area contributed by atoms with E-state index in [2.05, 4.69) is 9.97 Å². The van der Waals surface area contributed by atoms with Crippen LogP contribution >= 0.6 is 11.6 Å². The van der Waals surface area contributed by atoms with Crippen molar-refractivity contribution in [3.8, 4) is 17.3 Å². The molecule has 0 N–H and O–H groups in total. The fraction of sp³-hybridized carbons (Fsp3) is 0.316. The fourth-order valence-corrected chi connectivity index (χ4v) is 2.78. The molecule has 0 aliphatic heterocycles. The third-order valence-electron chi connectivity index (χ3n) is 3.93. The topological polar surface area (TPSA) is 70.2 Å². The van der Waals surface area contributed by atoms with E-state index in [9.17, 15) is 4.79 Å². The number of carbonyl (C=O) groups is 1. The summed E-state index contributed by atoms with van der Waals surface area (Å²) in [5.41, 5.74) is 1.65. The molecule has 0 aliphatic rings. The molecular weight excluding hydrogens is 354 g/mol. The first kappa shape index (κ1) is 18.2. The van der Waals surface area contributed by atoms with Crippen LogP contribution in [0, 0.1) is 6.92 Å². The van der Waals surface area contributed by atoms with Gasteiger partial charge in [-0.3, -0.25) is 9.36 Å². The Labute approximate surface area is 156 Å². The number of hydrogen-bond acceptors (Lipinski definition) is 5. The summed E-state index contributed by atoms with van der Waals surface area (Å²) in [7, 11) is 0. The number of aryl methyl sites for hydroxylation is 2. The first-order valence-corrected chi connectivity index (χ1v) is 8.88. The highest BCUT2D eigenvalue weighted by molar-refractivity contribution is 6.30. The van der Waals surface area contributed by atoms with Crippen molar-refractivity contribution in [1.82, 2.24) is 14.5 Å². The molecule has 7 heteroatoms. The average Bonchev–Trinajstić information content (AvgIpc) is 3.22. The van der Waals surface area contributed by atoms with Crippen molar-refractivity contribution in [2.75, 3.05) is 6.61 Å². The van der Waals surface area contributed by atoms with Gasteiger partial charge in [0.15, 0.2) is 0 Å². The Morgan fingerprint density at radius 3 is 2.73 bits per heavy atom. The molecule has 26 heavy (non-hydrogen) atoms. The number of halogens is 1. The molecule has 0 bridgehead atoms. The number of ether oxygens (including phenoxy) is 1. The van der Waals surface area contributed by atoms with Crippen LogP contribution < -0.4 is 0 Å². The summed E-state index contributed by atoms with van der Waals surface area (Å²) in [4.78, 5) is 20.4. The molecule has 0 radical (unpaired) electrons. The zero-order valence-corrected chi connectivity index (χ0v) is 15.5. The van der Waals surface area contributed by atoms with E-state index < -0.39 is 0 Å². The first-order valence-electron chi connectivity index (χ1n) is 8.50. The largest absolute Gasteiger partial charge is 0.466 e. The summed E-state index contributed by atoms with van der Waals surface area (Å²) in [6.45, 7) is 4.07. The van der Waals surface area contributed by atoms with Gasteiger partial charge >= 0.3 is 12.0 Å². The van der Waals surface area contributed by atoms with Gasteiger partial charge in [-0.1, -0.05) is 23.7 Å². The van der Waals surface area contributed by atoms with Crippen LogP contribution in [-0.4, -0.2) is 27.1 Å². The van der Waals surface area contributed by atoms with Gasteiger partial charge in [0.1, 0.15) is 17.3 Å². The lowest BCUT2D eigenvalue weighted by Gasteiger charge is -2.02. The van der Waals surface area contributed by atoms with Gasteiger partial charge in [-0.2, -0.15) is 4.98 Å². The Morgan fingerprint density at radius 1 is 1.31 bits per heavy atom. The predicted octanol–water partition coefficient (Wildman–Crippen LogP) is 4.37. The van der Waals surface area contributed by atoms with E-state index in [1.165, 1.54) is 0 Å². The maximum Gasteiger partial charge on any atom is 0.307 e. The van der Waals surface area contributed by atoms with Crippen LogP contribution in [0.15, 0.2) is 41.1 Å². The zero-order valence-electron chi connectivity index (χ0n) is 14.7. The quantitative estimate of drug-likeness (QED) is 0.575. The molecule has 2 aromatic heterocycles. The lowest BCUT2D eigenvalue weighted by molar-refractivity contribution is -0.143. The number of aromatic nitrogens is 3. The Bertz CT molecular complexity index is 884. The fourth-order valence-electron chi connectivity index (χ4n) is 2.65. The number of esters is 1. The second-order valence-corrected chi connectivity index (χ2v) is 6.21. The summed E-state index contributed by atoms with van der Waals surface area (Å²) in [5.74, 6) is 1.30. The van der Waals surface area contributed by atoms with Crippen LogP contribution in [0.2, 0.25) is 5.02 Å². The lowest BCUT2D eigenvalue weighted by atomic mass is 10.1. The van der Waals surface area contributed by atoms with Gasteiger partial charge in [0.25, 0.3) is 0 Å². The summed E-state index contributed by atoms with van der Waals surface area (Å²) in [6, 6.07) is 7.89. The van der Waals surface area contributed by atoms with Crippen LogP contribution in [-0.2, 0) is 16.0 Å². The van der Waals surface area contributed by atoms with Gasteiger partial charge in [0.2, 0.25) is 0 Å². The van der Waals surface area contributed by atoms with Gasteiger partial charge in [0, 0.05) is 35.8 Å². The summed E-state index contributed by atoms with van der Waals surface area (Å²) in [5, 5.41) is 0.659. The van der Waals surface area contributed by atoms with E-state index in [1.807, 2.05) is 31.2 Å². The van der Waals surface area contributed by atoms with E-state index in [1.54, 1.807) is 23.9 Å². The third kappa shape index (κ3) is 4.14. The monoisotopic (exact) mass is 373 g/mol. The Balaban J connectivity index is 1.88. The predicted molar refractivity (Wildman–Crippen MR) is 98.4 cm³/mol. The summed E-state index contributed by atoms with van der Waals surface area (Å²) in [6.07, 6.45) is 5.04. The minimum atomic E-state index is -0.203. The van der Waals surface area contributed by atoms with Gasteiger partial charge in [0.05, 0.1) is 6.61 Å². The van der Waals surface area contributed by atoms with Crippen LogP contribution in [0.25, 0.3) is 17.3 Å². The highest BCUT2D eigenvalue weighted by Crippen LogP contribution is 2.28. The average molecular weight is 374 g/mol. The number of rotatable bonds is 7. The van der Waals surface area contributed by atoms with Crippen LogP contribution in [0.1, 0.15) is 31.4 Å². The van der Waals surface area contributed by atoms with Crippen molar-refractivity contribution >= 4 is 17.6 Å². The second kappa shape index (κ2) is 8.19. The van der Waals surface area contributed by atoms with Crippen LogP contribution in [0.4, 0.5) is 0 Å². The van der Waals surface area contributed by atoms with Crippen molar-refractivity contribution in [1.29, 1.82) is 0 Å². The number of carbonyl (C=O) groups excluding carboxylic acids is 1. The molecule has 3 aromatic rings. The number of imidazole rings is 1. The van der Waals surface area contributed by atoms with Crippen molar-refractivity contribution in [3.05, 3.63) is 53.3 Å². The van der Waals surface area contributed by atoms with E-state index in [4.69, 9.17) is 20.8 Å². The SMILES string of the molecule is CCOC(=O)CCCc1oc(-n2ccnc2C)nc1-c1ccc(Cl)cc1. The van der Waals surface area contributed by atoms with E-state index in [0.29, 0.717) is 36.9 Å². The smallest absolute Gasteiger partial charge is 0.307 e. The zero-order chi connectivity index (χ0) is 18.5. The van der Waals surface area contributed by atoms with Gasteiger partial charge in [-0.25, -0.2) is 4.98 Å². The highest BCUT2D eigenvalue weighted by Gasteiger charge is 2.17. The van der Waals surface area contributed by atoms with E-state index in [0.717, 1.165) is 22.8 Å². The molecule has 136 valence electrons. The summed E-state index contributed by atoms with van der Waals surface area (Å²) < 4.78 is 12.8. The maximum atomic E-state index is 11.6. The molecule has 0 amide bonds. The van der Waals surface area contributed by atoms with Crippen molar-refractivity contribution in [2.45, 2.75) is 33.1 Å². The molecule has 0 aliphatic carbocycles. The Kier molecular flexibility index (Phi) is 5.73. The molecule has 0 saturated carbocycles.